The van der Waals surface area contributed by atoms with Gasteiger partial charge in [0.1, 0.15) is 0 Å². The molecule has 0 aliphatic carbocycles. The normalized spacial score (nSPS) is 11.4. The van der Waals surface area contributed by atoms with Gasteiger partial charge < -0.3 is 0 Å². The van der Waals surface area contributed by atoms with Crippen LogP contribution in [0.2, 0.25) is 0 Å². The number of hydrogen-bond acceptors (Lipinski definition) is 4. The first-order valence-corrected chi connectivity index (χ1v) is 10.3. The smallest absolute Gasteiger partial charge is 0.240 e. The molecule has 0 aromatic heterocycles. The minimum Gasteiger partial charge on any atom is -0.273 e. The van der Waals surface area contributed by atoms with E-state index >= 15 is 0 Å². The Hall–Kier alpha value is -4.32. The predicted molar refractivity (Wildman–Crippen MR) is 129 cm³/mol. The Morgan fingerprint density at radius 3 is 1.47 bits per heavy atom. The molecule has 0 saturated heterocycles. The van der Waals surface area contributed by atoms with Gasteiger partial charge in [-0.3, -0.25) is 9.59 Å². The lowest BCUT2D eigenvalue weighted by molar-refractivity contribution is -0.126. The highest BCUT2D eigenvalue weighted by atomic mass is 16.2. The highest BCUT2D eigenvalue weighted by molar-refractivity contribution is 6.01. The van der Waals surface area contributed by atoms with E-state index < -0.39 is 0 Å². The quantitative estimate of drug-likeness (QED) is 0.342. The van der Waals surface area contributed by atoms with Crippen molar-refractivity contribution in [2.45, 2.75) is 12.8 Å². The number of nitrogens with zero attached hydrogens (tertiary/aromatic N) is 2. The van der Waals surface area contributed by atoms with Gasteiger partial charge in [-0.1, -0.05) is 84.9 Å². The van der Waals surface area contributed by atoms with Gasteiger partial charge in [-0.05, 0) is 21.5 Å². The molecule has 2 N–H and O–H groups in total. The predicted octanol–water partition coefficient (Wildman–Crippen LogP) is 4.37. The number of hydrazone groups is 2. The molecule has 0 bridgehead atoms. The molecule has 0 radical (unpaired) electrons. The van der Waals surface area contributed by atoms with Crippen LogP contribution in [0.1, 0.15) is 24.0 Å². The number of carbonyl (C=O) groups excluding carboxylic acids is 2. The Morgan fingerprint density at radius 1 is 0.594 bits per heavy atom. The van der Waals surface area contributed by atoms with E-state index in [0.29, 0.717) is 0 Å². The van der Waals surface area contributed by atoms with Crippen LogP contribution in [0.3, 0.4) is 0 Å². The third-order valence-corrected chi connectivity index (χ3v) is 5.01. The van der Waals surface area contributed by atoms with Crippen LogP contribution in [0, 0.1) is 0 Å². The summed E-state index contributed by atoms with van der Waals surface area (Å²) >= 11 is 0. The van der Waals surface area contributed by atoms with E-state index in [1.807, 2.05) is 84.9 Å². The zero-order valence-electron chi connectivity index (χ0n) is 17.4. The molecule has 0 fully saturated rings. The molecule has 0 saturated carbocycles. The van der Waals surface area contributed by atoms with Crippen molar-refractivity contribution in [1.29, 1.82) is 0 Å². The summed E-state index contributed by atoms with van der Waals surface area (Å²) in [6.07, 6.45) is 3.24. The van der Waals surface area contributed by atoms with E-state index in [2.05, 4.69) is 21.1 Å². The van der Waals surface area contributed by atoms with Crippen molar-refractivity contribution < 1.29 is 9.59 Å². The molecule has 0 unspecified atom stereocenters. The van der Waals surface area contributed by atoms with Gasteiger partial charge in [0.05, 0.1) is 12.4 Å². The van der Waals surface area contributed by atoms with Crippen molar-refractivity contribution in [1.82, 2.24) is 10.9 Å². The highest BCUT2D eigenvalue weighted by Crippen LogP contribution is 2.17. The fourth-order valence-electron chi connectivity index (χ4n) is 3.41. The Kier molecular flexibility index (Phi) is 6.63. The molecular formula is C26H22N4O2. The lowest BCUT2D eigenvalue weighted by atomic mass is 10.1. The van der Waals surface area contributed by atoms with E-state index in [9.17, 15) is 9.59 Å². The van der Waals surface area contributed by atoms with E-state index in [0.717, 1.165) is 32.7 Å². The maximum Gasteiger partial charge on any atom is 0.240 e. The molecule has 0 spiro atoms. The molecule has 6 nitrogen and oxygen atoms in total. The summed E-state index contributed by atoms with van der Waals surface area (Å²) in [5.74, 6) is -0.677. The van der Waals surface area contributed by atoms with Crippen molar-refractivity contribution in [2.75, 3.05) is 0 Å². The number of hydrogen-bond donors (Lipinski definition) is 2. The third-order valence-electron chi connectivity index (χ3n) is 5.01. The van der Waals surface area contributed by atoms with E-state index in [1.54, 1.807) is 12.4 Å². The average molecular weight is 422 g/mol. The van der Waals surface area contributed by atoms with Crippen molar-refractivity contribution in [3.05, 3.63) is 96.1 Å². The minimum atomic E-state index is -0.338. The third kappa shape index (κ3) is 5.23. The van der Waals surface area contributed by atoms with E-state index in [4.69, 9.17) is 0 Å². The standard InChI is InChI=1S/C26H22N4O2/c31-25(29-27-17-21-11-5-9-19-7-1-3-13-23(19)21)15-16-26(32)30-28-18-22-12-6-10-20-8-2-4-14-24(20)22/h1-14,17-18H,15-16H2,(H,29,31)(H,30,32)/b27-17+,28-18+. The molecule has 0 atom stereocenters. The maximum atomic E-state index is 12.0. The molecular weight excluding hydrogens is 400 g/mol. The fraction of sp³-hybridized carbons (Fsp3) is 0.0769. The second-order valence-corrected chi connectivity index (χ2v) is 7.22. The molecule has 0 aliphatic rings. The van der Waals surface area contributed by atoms with Gasteiger partial charge in [0.25, 0.3) is 0 Å². The van der Waals surface area contributed by atoms with Crippen LogP contribution < -0.4 is 10.9 Å². The monoisotopic (exact) mass is 422 g/mol. The Labute approximate surface area is 185 Å². The molecule has 6 heteroatoms. The first-order valence-electron chi connectivity index (χ1n) is 10.3. The van der Waals surface area contributed by atoms with Crippen LogP contribution in [0.25, 0.3) is 21.5 Å². The molecule has 0 aliphatic heterocycles. The summed E-state index contributed by atoms with van der Waals surface area (Å²) in [4.78, 5) is 24.0. The SMILES string of the molecule is O=C(CCC(=O)N/N=C/c1cccc2ccccc12)N/N=C/c1cccc2ccccc12. The summed E-state index contributed by atoms with van der Waals surface area (Å²) in [6, 6.07) is 27.7. The molecule has 2 amide bonds. The van der Waals surface area contributed by atoms with Crippen LogP contribution in [-0.2, 0) is 9.59 Å². The summed E-state index contributed by atoms with van der Waals surface area (Å²) in [5, 5.41) is 12.3. The van der Waals surface area contributed by atoms with E-state index in [1.165, 1.54) is 0 Å². The Balaban J connectivity index is 1.25. The van der Waals surface area contributed by atoms with Gasteiger partial charge in [0, 0.05) is 24.0 Å². The van der Waals surface area contributed by atoms with Gasteiger partial charge in [-0.25, -0.2) is 10.9 Å². The average Bonchev–Trinajstić information content (AvgIpc) is 2.83. The van der Waals surface area contributed by atoms with Crippen LogP contribution >= 0.6 is 0 Å². The molecule has 4 aromatic rings. The largest absolute Gasteiger partial charge is 0.273 e. The number of benzene rings is 4. The van der Waals surface area contributed by atoms with Gasteiger partial charge in [-0.2, -0.15) is 10.2 Å². The van der Waals surface area contributed by atoms with Gasteiger partial charge in [-0.15, -0.1) is 0 Å². The van der Waals surface area contributed by atoms with Gasteiger partial charge >= 0.3 is 0 Å². The van der Waals surface area contributed by atoms with Crippen molar-refractivity contribution in [3.8, 4) is 0 Å². The lowest BCUT2D eigenvalue weighted by Gasteiger charge is -2.03. The summed E-state index contributed by atoms with van der Waals surface area (Å²) in [6.45, 7) is 0. The number of fused-ring (bicyclic) bond motifs is 2. The number of nitrogens with one attached hydrogen (secondary N) is 2. The molecule has 0 heterocycles. The molecule has 158 valence electrons. The zero-order chi connectivity index (χ0) is 22.2. The lowest BCUT2D eigenvalue weighted by Crippen LogP contribution is -2.22. The highest BCUT2D eigenvalue weighted by Gasteiger charge is 2.06. The minimum absolute atomic E-state index is 0.0164. The van der Waals surface area contributed by atoms with Crippen molar-refractivity contribution in [2.24, 2.45) is 10.2 Å². The van der Waals surface area contributed by atoms with Gasteiger partial charge in [0.15, 0.2) is 0 Å². The number of amides is 2. The summed E-state index contributed by atoms with van der Waals surface area (Å²) < 4.78 is 0. The number of rotatable bonds is 7. The van der Waals surface area contributed by atoms with Crippen LogP contribution in [0.4, 0.5) is 0 Å². The number of carbonyl (C=O) groups is 2. The maximum absolute atomic E-state index is 12.0. The van der Waals surface area contributed by atoms with Crippen molar-refractivity contribution in [3.63, 3.8) is 0 Å². The second-order valence-electron chi connectivity index (χ2n) is 7.22. The van der Waals surface area contributed by atoms with Crippen LogP contribution in [-0.4, -0.2) is 24.2 Å². The first-order chi connectivity index (χ1) is 15.7. The zero-order valence-corrected chi connectivity index (χ0v) is 17.4. The first kappa shape index (κ1) is 20.9. The summed E-state index contributed by atoms with van der Waals surface area (Å²) in [5.41, 5.74) is 6.74. The summed E-state index contributed by atoms with van der Waals surface area (Å²) in [7, 11) is 0. The molecule has 4 aromatic carbocycles. The van der Waals surface area contributed by atoms with Gasteiger partial charge in [0.2, 0.25) is 11.8 Å². The van der Waals surface area contributed by atoms with Crippen LogP contribution in [0.15, 0.2) is 95.1 Å². The van der Waals surface area contributed by atoms with E-state index in [-0.39, 0.29) is 24.7 Å². The Bertz CT molecular complexity index is 1210. The molecule has 32 heavy (non-hydrogen) atoms. The Morgan fingerprint density at radius 2 is 1.00 bits per heavy atom. The molecule has 4 rings (SSSR count). The fourth-order valence-corrected chi connectivity index (χ4v) is 3.41. The topological polar surface area (TPSA) is 82.9 Å². The van der Waals surface area contributed by atoms with Crippen LogP contribution in [0.5, 0.6) is 0 Å². The van der Waals surface area contributed by atoms with Crippen molar-refractivity contribution >= 4 is 45.8 Å². The second kappa shape index (κ2) is 10.1.